The number of benzene rings is 1. The number of hydrogen-bond acceptors (Lipinski definition) is 6. The van der Waals surface area contributed by atoms with E-state index in [9.17, 15) is 14.9 Å². The summed E-state index contributed by atoms with van der Waals surface area (Å²) in [5.41, 5.74) is 0.136. The van der Waals surface area contributed by atoms with Crippen molar-refractivity contribution in [3.8, 4) is 11.8 Å². The third-order valence-corrected chi connectivity index (χ3v) is 4.54. The minimum atomic E-state index is -0.737. The quantitative estimate of drug-likeness (QED) is 0.254. The minimum Gasteiger partial charge on any atom is -0.449 e. The molecule has 2 rings (SSSR count). The van der Waals surface area contributed by atoms with Gasteiger partial charge in [-0.1, -0.05) is 75.9 Å². The molecule has 2 aromatic rings. The maximum atomic E-state index is 11.9. The second-order valence-electron chi connectivity index (χ2n) is 6.85. The Labute approximate surface area is 164 Å². The van der Waals surface area contributed by atoms with E-state index in [1.165, 1.54) is 69.6 Å². The van der Waals surface area contributed by atoms with E-state index >= 15 is 0 Å². The van der Waals surface area contributed by atoms with Gasteiger partial charge in [0.05, 0.1) is 17.2 Å². The van der Waals surface area contributed by atoms with E-state index in [2.05, 4.69) is 12.0 Å². The summed E-state index contributed by atoms with van der Waals surface area (Å²) in [6.45, 7) is 2.65. The van der Waals surface area contributed by atoms with Crippen LogP contribution in [0.2, 0.25) is 0 Å². The molecule has 0 atom stereocenters. The number of aromatic nitrogens is 2. The highest BCUT2D eigenvalue weighted by Crippen LogP contribution is 2.16. The molecule has 0 aliphatic heterocycles. The van der Waals surface area contributed by atoms with Crippen molar-refractivity contribution in [3.05, 3.63) is 44.9 Å². The highest BCUT2D eigenvalue weighted by molar-refractivity contribution is 5.42. The summed E-state index contributed by atoms with van der Waals surface area (Å²) in [6.07, 6.45) is 12.1. The van der Waals surface area contributed by atoms with Crippen molar-refractivity contribution in [2.24, 2.45) is 0 Å². The fraction of sp³-hybridized carbons (Fsp3) is 0.600. The molecular weight excluding hydrogens is 362 g/mol. The first-order chi connectivity index (χ1) is 13.6. The van der Waals surface area contributed by atoms with Crippen LogP contribution in [-0.2, 0) is 0 Å². The average Bonchev–Trinajstić information content (AvgIpc) is 3.06. The number of unbranched alkanes of at least 4 members (excludes halogenated alkanes) is 9. The Hall–Kier alpha value is -2.64. The molecule has 0 fully saturated rings. The summed E-state index contributed by atoms with van der Waals surface area (Å²) in [5.74, 6) is -0.737. The van der Waals surface area contributed by atoms with Gasteiger partial charge in [0.25, 0.3) is 5.69 Å². The molecule has 0 N–H and O–H groups in total. The number of ether oxygens (including phenoxy) is 1. The lowest BCUT2D eigenvalue weighted by Crippen LogP contribution is -2.13. The number of nitro benzene ring substituents is 1. The molecule has 0 saturated heterocycles. The Morgan fingerprint density at radius 3 is 2.36 bits per heavy atom. The molecule has 0 aliphatic carbocycles. The molecule has 8 nitrogen and oxygen atoms in total. The molecule has 0 saturated carbocycles. The molecule has 0 bridgehead atoms. The second-order valence-corrected chi connectivity index (χ2v) is 6.85. The first kappa shape index (κ1) is 21.7. The topological polar surface area (TPSA) is 100 Å². The summed E-state index contributed by atoms with van der Waals surface area (Å²) in [5, 5.41) is 14.8. The summed E-state index contributed by atoms with van der Waals surface area (Å²) in [4.78, 5) is 22.2. The summed E-state index contributed by atoms with van der Waals surface area (Å²) >= 11 is 0. The van der Waals surface area contributed by atoms with E-state index in [1.807, 2.05) is 0 Å². The molecular formula is C20H29N3O5. The lowest BCUT2D eigenvalue weighted by atomic mass is 10.1. The summed E-state index contributed by atoms with van der Waals surface area (Å²) in [7, 11) is 0. The Kier molecular flexibility index (Phi) is 9.24. The van der Waals surface area contributed by atoms with E-state index < -0.39 is 10.7 Å². The van der Waals surface area contributed by atoms with E-state index in [4.69, 9.17) is 9.15 Å². The van der Waals surface area contributed by atoms with Crippen LogP contribution in [0.5, 0.6) is 6.08 Å². The van der Waals surface area contributed by atoms with Crippen molar-refractivity contribution in [3.63, 3.8) is 0 Å². The molecule has 1 aromatic carbocycles. The molecule has 1 aromatic heterocycles. The maximum Gasteiger partial charge on any atom is 0.444 e. The fourth-order valence-corrected chi connectivity index (χ4v) is 2.97. The third-order valence-electron chi connectivity index (χ3n) is 4.54. The van der Waals surface area contributed by atoms with Crippen molar-refractivity contribution in [1.82, 2.24) is 9.78 Å². The highest BCUT2D eigenvalue weighted by Gasteiger charge is 2.14. The zero-order chi connectivity index (χ0) is 20.2. The number of hydrogen-bond donors (Lipinski definition) is 0. The SMILES string of the molecule is CCCCCCCCCCCCOc1nn(-c2cccc([N+](=O)[O-])c2)c(=O)o1. The van der Waals surface area contributed by atoms with Gasteiger partial charge in [-0.2, -0.15) is 4.68 Å². The van der Waals surface area contributed by atoms with Crippen LogP contribution in [0.4, 0.5) is 5.69 Å². The van der Waals surface area contributed by atoms with Crippen LogP contribution >= 0.6 is 0 Å². The van der Waals surface area contributed by atoms with Gasteiger partial charge < -0.3 is 9.15 Å². The smallest absolute Gasteiger partial charge is 0.444 e. The average molecular weight is 391 g/mol. The Morgan fingerprint density at radius 2 is 1.71 bits per heavy atom. The van der Waals surface area contributed by atoms with Crippen LogP contribution < -0.4 is 10.5 Å². The largest absolute Gasteiger partial charge is 0.449 e. The lowest BCUT2D eigenvalue weighted by molar-refractivity contribution is -0.384. The van der Waals surface area contributed by atoms with Crippen LogP contribution in [-0.4, -0.2) is 21.3 Å². The van der Waals surface area contributed by atoms with Crippen LogP contribution in [0.3, 0.4) is 0 Å². The van der Waals surface area contributed by atoms with E-state index in [0.29, 0.717) is 6.61 Å². The van der Waals surface area contributed by atoms with Gasteiger partial charge in [-0.05, 0) is 12.5 Å². The molecule has 8 heteroatoms. The van der Waals surface area contributed by atoms with Crippen molar-refractivity contribution in [2.45, 2.75) is 71.1 Å². The van der Waals surface area contributed by atoms with E-state index in [1.54, 1.807) is 6.07 Å². The zero-order valence-corrected chi connectivity index (χ0v) is 16.5. The molecule has 1 heterocycles. The van der Waals surface area contributed by atoms with E-state index in [0.717, 1.165) is 17.5 Å². The number of non-ortho nitro benzene ring substituents is 1. The molecule has 0 amide bonds. The van der Waals surface area contributed by atoms with Gasteiger partial charge in [0, 0.05) is 12.1 Å². The van der Waals surface area contributed by atoms with Gasteiger partial charge in [-0.15, -0.1) is 0 Å². The normalized spacial score (nSPS) is 10.9. The van der Waals surface area contributed by atoms with Crippen LogP contribution in [0.1, 0.15) is 71.1 Å². The Morgan fingerprint density at radius 1 is 1.07 bits per heavy atom. The standard InChI is InChI=1S/C20H29N3O5/c1-2-3-4-5-6-7-8-9-10-11-15-27-19-21-22(20(24)28-19)17-13-12-14-18(16-17)23(25)26/h12-14,16H,2-11,15H2,1H3. The number of nitrogens with zero attached hydrogens (tertiary/aromatic N) is 3. The molecule has 0 spiro atoms. The summed E-state index contributed by atoms with van der Waals surface area (Å²) < 4.78 is 11.3. The van der Waals surface area contributed by atoms with Crippen LogP contribution in [0.15, 0.2) is 33.5 Å². The van der Waals surface area contributed by atoms with Gasteiger partial charge in [0.1, 0.15) is 0 Å². The fourth-order valence-electron chi connectivity index (χ4n) is 2.97. The molecule has 0 aliphatic rings. The van der Waals surface area contributed by atoms with Gasteiger partial charge >= 0.3 is 11.8 Å². The molecule has 0 unspecified atom stereocenters. The minimum absolute atomic E-state index is 0.118. The Bertz CT molecular complexity index is 784. The van der Waals surface area contributed by atoms with Gasteiger partial charge in [-0.3, -0.25) is 10.1 Å². The van der Waals surface area contributed by atoms with Gasteiger partial charge in [0.15, 0.2) is 0 Å². The van der Waals surface area contributed by atoms with Gasteiger partial charge in [-0.25, -0.2) is 4.79 Å². The van der Waals surface area contributed by atoms with Crippen molar-refractivity contribution < 1.29 is 14.1 Å². The first-order valence-corrected chi connectivity index (χ1v) is 10.1. The monoisotopic (exact) mass is 391 g/mol. The highest BCUT2D eigenvalue weighted by atomic mass is 16.6. The third kappa shape index (κ3) is 7.17. The second kappa shape index (κ2) is 11.9. The van der Waals surface area contributed by atoms with Crippen LogP contribution in [0.25, 0.3) is 5.69 Å². The lowest BCUT2D eigenvalue weighted by Gasteiger charge is -2.02. The van der Waals surface area contributed by atoms with Crippen LogP contribution in [0, 0.1) is 10.1 Å². The van der Waals surface area contributed by atoms with Gasteiger partial charge in [0.2, 0.25) is 0 Å². The number of nitro groups is 1. The van der Waals surface area contributed by atoms with Crippen molar-refractivity contribution in [2.75, 3.05) is 6.61 Å². The zero-order valence-electron chi connectivity index (χ0n) is 16.5. The van der Waals surface area contributed by atoms with E-state index in [-0.39, 0.29) is 17.5 Å². The number of rotatable bonds is 14. The summed E-state index contributed by atoms with van der Waals surface area (Å²) in [6, 6.07) is 5.63. The maximum absolute atomic E-state index is 11.9. The van der Waals surface area contributed by atoms with Crippen molar-refractivity contribution >= 4 is 5.69 Å². The Balaban J connectivity index is 1.68. The predicted molar refractivity (Wildman–Crippen MR) is 106 cm³/mol. The molecule has 154 valence electrons. The van der Waals surface area contributed by atoms with Crippen molar-refractivity contribution in [1.29, 1.82) is 0 Å². The predicted octanol–water partition coefficient (Wildman–Crippen LogP) is 5.03. The molecule has 0 radical (unpaired) electrons. The first-order valence-electron chi connectivity index (χ1n) is 10.1. The molecule has 28 heavy (non-hydrogen) atoms.